The zero-order valence-electron chi connectivity index (χ0n) is 10.2. The second-order valence-corrected chi connectivity index (χ2v) is 4.08. The van der Waals surface area contributed by atoms with Gasteiger partial charge in [0.1, 0.15) is 0 Å². The summed E-state index contributed by atoms with van der Waals surface area (Å²) in [7, 11) is 0. The van der Waals surface area contributed by atoms with Crippen molar-refractivity contribution in [3.05, 3.63) is 35.9 Å². The molecule has 0 aliphatic heterocycles. The van der Waals surface area contributed by atoms with E-state index >= 15 is 0 Å². The van der Waals surface area contributed by atoms with Gasteiger partial charge in [-0.15, -0.1) is 0 Å². The van der Waals surface area contributed by atoms with Crippen molar-refractivity contribution in [2.75, 3.05) is 0 Å². The van der Waals surface area contributed by atoms with Crippen molar-refractivity contribution in [3.8, 4) is 0 Å². The van der Waals surface area contributed by atoms with Crippen molar-refractivity contribution >= 4 is 6.21 Å². The van der Waals surface area contributed by atoms with Crippen LogP contribution < -0.4 is 0 Å². The highest BCUT2D eigenvalue weighted by Crippen LogP contribution is 2.47. The minimum atomic E-state index is -6.26. The molecule has 0 bridgehead atoms. The average Bonchev–Trinajstić information content (AvgIpc) is 2.39. The van der Waals surface area contributed by atoms with Crippen LogP contribution in [0.3, 0.4) is 0 Å². The van der Waals surface area contributed by atoms with Gasteiger partial charge in [0.2, 0.25) is 0 Å². The van der Waals surface area contributed by atoms with Gasteiger partial charge in [-0.2, -0.15) is 26.3 Å². The summed E-state index contributed by atoms with van der Waals surface area (Å²) in [5.74, 6) is -17.9. The number of rotatable bonds is 6. The molecule has 0 radical (unpaired) electrons. The minimum absolute atomic E-state index is 0.355. The van der Waals surface area contributed by atoms with Gasteiger partial charge in [0.05, 0.1) is 12.8 Å². The number of benzene rings is 1. The highest BCUT2D eigenvalue weighted by molar-refractivity contribution is 5.68. The molecule has 21 heavy (non-hydrogen) atoms. The second kappa shape index (κ2) is 5.98. The van der Waals surface area contributed by atoms with Gasteiger partial charge >= 0.3 is 24.2 Å². The molecule has 0 amide bonds. The monoisotopic (exact) mass is 319 g/mol. The van der Waals surface area contributed by atoms with Gasteiger partial charge in [-0.3, -0.25) is 4.99 Å². The first-order chi connectivity index (χ1) is 9.52. The fourth-order valence-electron chi connectivity index (χ4n) is 1.29. The molecule has 1 aromatic rings. The van der Waals surface area contributed by atoms with Crippen molar-refractivity contribution in [2.24, 2.45) is 4.99 Å². The SMILES string of the molecule is FC(F)C(F)(F)C(F)(F)C(F)(F)C=NCc1ccccc1. The van der Waals surface area contributed by atoms with Crippen LogP contribution in [-0.2, 0) is 6.54 Å². The Morgan fingerprint density at radius 1 is 0.952 bits per heavy atom. The summed E-state index contributed by atoms with van der Waals surface area (Å²) in [6.07, 6.45) is -5.66. The third kappa shape index (κ3) is 3.51. The molecule has 0 aliphatic rings. The number of aliphatic imine (C=N–C) groups is 1. The fraction of sp³-hybridized carbons (Fsp3) is 0.417. The molecule has 0 heterocycles. The summed E-state index contributed by atoms with van der Waals surface area (Å²) < 4.78 is 101. The van der Waals surface area contributed by atoms with Crippen LogP contribution in [0.5, 0.6) is 0 Å². The molecule has 0 spiro atoms. The fourth-order valence-corrected chi connectivity index (χ4v) is 1.29. The van der Waals surface area contributed by atoms with Gasteiger partial charge in [0.25, 0.3) is 0 Å². The summed E-state index contributed by atoms with van der Waals surface area (Å²) in [4.78, 5) is 2.92. The molecule has 0 N–H and O–H groups in total. The molecule has 1 nitrogen and oxygen atoms in total. The Hall–Kier alpha value is -1.67. The first-order valence-corrected chi connectivity index (χ1v) is 5.49. The second-order valence-electron chi connectivity index (χ2n) is 4.08. The Kier molecular flexibility index (Phi) is 4.95. The van der Waals surface area contributed by atoms with Crippen LogP contribution >= 0.6 is 0 Å². The van der Waals surface area contributed by atoms with E-state index in [1.165, 1.54) is 24.3 Å². The van der Waals surface area contributed by atoms with Gasteiger partial charge in [0.15, 0.2) is 0 Å². The predicted octanol–water partition coefficient (Wildman–Crippen LogP) is 4.43. The third-order valence-corrected chi connectivity index (χ3v) is 2.48. The molecule has 9 heteroatoms. The Labute approximate surface area is 114 Å². The number of halogens is 8. The highest BCUT2D eigenvalue weighted by atomic mass is 19.4. The maximum Gasteiger partial charge on any atom is 0.383 e. The van der Waals surface area contributed by atoms with E-state index < -0.39 is 37.0 Å². The van der Waals surface area contributed by atoms with Crippen LogP contribution in [0.2, 0.25) is 0 Å². The third-order valence-electron chi connectivity index (χ3n) is 2.48. The van der Waals surface area contributed by atoms with E-state index in [1.807, 2.05) is 0 Å². The number of nitrogens with zero attached hydrogens (tertiary/aromatic N) is 1. The highest BCUT2D eigenvalue weighted by Gasteiger charge is 2.74. The summed E-state index contributed by atoms with van der Waals surface area (Å²) in [6, 6.07) is 7.49. The molecule has 0 atom stereocenters. The number of hydrogen-bond acceptors (Lipinski definition) is 1. The maximum atomic E-state index is 13.0. The summed E-state index contributed by atoms with van der Waals surface area (Å²) in [5, 5.41) is 0. The Balaban J connectivity index is 2.89. The van der Waals surface area contributed by atoms with Crippen LogP contribution in [0.25, 0.3) is 0 Å². The van der Waals surface area contributed by atoms with Crippen molar-refractivity contribution in [2.45, 2.75) is 30.7 Å². The zero-order chi connectivity index (χ0) is 16.3. The normalized spacial score (nSPS) is 14.1. The van der Waals surface area contributed by atoms with Crippen LogP contribution in [0.1, 0.15) is 5.56 Å². The molecule has 1 aromatic carbocycles. The number of hydrogen-bond donors (Lipinski definition) is 0. The molecule has 0 unspecified atom stereocenters. The van der Waals surface area contributed by atoms with Crippen LogP contribution in [0, 0.1) is 0 Å². The Morgan fingerprint density at radius 2 is 1.48 bits per heavy atom. The average molecular weight is 319 g/mol. The maximum absolute atomic E-state index is 13.0. The quantitative estimate of drug-likeness (QED) is 0.543. The zero-order valence-corrected chi connectivity index (χ0v) is 10.2. The van der Waals surface area contributed by atoms with Crippen LogP contribution in [0.15, 0.2) is 35.3 Å². The molecule has 0 aliphatic carbocycles. The molecule has 0 saturated carbocycles. The lowest BCUT2D eigenvalue weighted by molar-refractivity contribution is -0.318. The molecule has 118 valence electrons. The van der Waals surface area contributed by atoms with Gasteiger partial charge in [-0.25, -0.2) is 8.78 Å². The van der Waals surface area contributed by atoms with E-state index in [9.17, 15) is 35.1 Å². The van der Waals surface area contributed by atoms with Crippen molar-refractivity contribution in [1.82, 2.24) is 0 Å². The molecule has 1 rings (SSSR count). The molecular weight excluding hydrogens is 310 g/mol. The van der Waals surface area contributed by atoms with Crippen molar-refractivity contribution in [3.63, 3.8) is 0 Å². The summed E-state index contributed by atoms with van der Waals surface area (Å²) >= 11 is 0. The van der Waals surface area contributed by atoms with Gasteiger partial charge in [-0.05, 0) is 5.56 Å². The van der Waals surface area contributed by atoms with Crippen molar-refractivity contribution in [1.29, 1.82) is 0 Å². The topological polar surface area (TPSA) is 12.4 Å². The lowest BCUT2D eigenvalue weighted by Crippen LogP contribution is -2.58. The van der Waals surface area contributed by atoms with E-state index in [0.29, 0.717) is 5.56 Å². The first kappa shape index (κ1) is 17.4. The standard InChI is InChI=1S/C12H9F8N/c13-9(14)11(17,18)12(19,20)10(15,16)7-21-6-8-4-2-1-3-5-8/h1-5,7,9H,6H2. The summed E-state index contributed by atoms with van der Waals surface area (Å²) in [5.41, 5.74) is 0.355. The Morgan fingerprint density at radius 3 is 1.95 bits per heavy atom. The first-order valence-electron chi connectivity index (χ1n) is 5.49. The summed E-state index contributed by atoms with van der Waals surface area (Å²) in [6.45, 7) is -0.479. The van der Waals surface area contributed by atoms with Gasteiger partial charge in [0, 0.05) is 0 Å². The van der Waals surface area contributed by atoms with E-state index in [-0.39, 0.29) is 0 Å². The van der Waals surface area contributed by atoms with Gasteiger partial charge in [-0.1, -0.05) is 30.3 Å². The minimum Gasteiger partial charge on any atom is -0.286 e. The van der Waals surface area contributed by atoms with E-state index in [2.05, 4.69) is 4.99 Å². The lowest BCUT2D eigenvalue weighted by atomic mass is 10.1. The lowest BCUT2D eigenvalue weighted by Gasteiger charge is -2.30. The van der Waals surface area contributed by atoms with E-state index in [1.54, 1.807) is 6.07 Å². The predicted molar refractivity (Wildman–Crippen MR) is 59.5 cm³/mol. The van der Waals surface area contributed by atoms with Crippen molar-refractivity contribution < 1.29 is 35.1 Å². The van der Waals surface area contributed by atoms with Gasteiger partial charge < -0.3 is 0 Å². The molecule has 0 saturated heterocycles. The number of alkyl halides is 8. The van der Waals surface area contributed by atoms with E-state index in [4.69, 9.17) is 0 Å². The molecule has 0 fully saturated rings. The smallest absolute Gasteiger partial charge is 0.286 e. The van der Waals surface area contributed by atoms with Crippen LogP contribution in [0.4, 0.5) is 35.1 Å². The van der Waals surface area contributed by atoms with E-state index in [0.717, 1.165) is 0 Å². The Bertz CT molecular complexity index is 483. The molecular formula is C12H9F8N. The largest absolute Gasteiger partial charge is 0.383 e. The molecule has 0 aromatic heterocycles. The van der Waals surface area contributed by atoms with Crippen LogP contribution in [-0.4, -0.2) is 30.4 Å².